The zero-order valence-electron chi connectivity index (χ0n) is 14.1. The van der Waals surface area contributed by atoms with Crippen LogP contribution in [0.1, 0.15) is 28.8 Å². The molecule has 1 N–H and O–H groups in total. The summed E-state index contributed by atoms with van der Waals surface area (Å²) in [5.41, 5.74) is 1.15. The van der Waals surface area contributed by atoms with Crippen molar-refractivity contribution in [2.75, 3.05) is 6.54 Å². The van der Waals surface area contributed by atoms with E-state index in [-0.39, 0.29) is 30.7 Å². The number of aliphatic hydroxyl groups excluding tert-OH is 1. The predicted molar refractivity (Wildman–Crippen MR) is 96.6 cm³/mol. The topological polar surface area (TPSA) is 57.6 Å². The molecule has 0 radical (unpaired) electrons. The van der Waals surface area contributed by atoms with E-state index in [1.165, 1.54) is 23.1 Å². The van der Waals surface area contributed by atoms with Crippen LogP contribution in [0.3, 0.4) is 0 Å². The first kappa shape index (κ1) is 18.5. The molecule has 1 heterocycles. The van der Waals surface area contributed by atoms with Gasteiger partial charge in [-0.2, -0.15) is 0 Å². The highest BCUT2D eigenvalue weighted by Crippen LogP contribution is 2.23. The Balaban J connectivity index is 1.69. The maximum atomic E-state index is 13.4. The lowest BCUT2D eigenvalue weighted by molar-refractivity contribution is -0.122. The van der Waals surface area contributed by atoms with Crippen LogP contribution < -0.4 is 0 Å². The molecular formula is C20H19ClFNO3. The minimum atomic E-state index is -0.753. The standard InChI is InChI=1S/C20H19ClFNO3/c21-15-7-4-13(5-8-15)6-9-19(25)18-11-17(24)12-23(18)20(26)14-2-1-3-16(22)10-14/h1-5,7-8,10,17-18,24H,6,9,11-12H2/t17-,18+/m1/s1. The first-order valence-electron chi connectivity index (χ1n) is 8.46. The molecule has 2 aromatic rings. The van der Waals surface area contributed by atoms with Gasteiger partial charge in [0.2, 0.25) is 0 Å². The normalized spacial score (nSPS) is 19.6. The molecule has 1 fully saturated rings. The van der Waals surface area contributed by atoms with Crippen molar-refractivity contribution in [3.05, 3.63) is 70.5 Å². The highest BCUT2D eigenvalue weighted by Gasteiger charge is 2.38. The Morgan fingerprint density at radius 2 is 1.92 bits per heavy atom. The van der Waals surface area contributed by atoms with E-state index in [4.69, 9.17) is 11.6 Å². The molecule has 2 atom stereocenters. The van der Waals surface area contributed by atoms with Crippen molar-refractivity contribution in [2.45, 2.75) is 31.4 Å². The van der Waals surface area contributed by atoms with Crippen LogP contribution in [0.2, 0.25) is 5.02 Å². The number of hydrogen-bond donors (Lipinski definition) is 1. The molecule has 0 aromatic heterocycles. The molecule has 136 valence electrons. The number of halogens is 2. The van der Waals surface area contributed by atoms with E-state index >= 15 is 0 Å². The average Bonchev–Trinajstić information content (AvgIpc) is 3.02. The number of hydrogen-bond acceptors (Lipinski definition) is 3. The third-order valence-electron chi connectivity index (χ3n) is 4.56. The molecule has 0 unspecified atom stereocenters. The second-order valence-electron chi connectivity index (χ2n) is 6.47. The first-order valence-corrected chi connectivity index (χ1v) is 8.83. The summed E-state index contributed by atoms with van der Waals surface area (Å²) in [6.45, 7) is 0.0761. The Morgan fingerprint density at radius 1 is 1.19 bits per heavy atom. The Kier molecular flexibility index (Phi) is 5.69. The van der Waals surface area contributed by atoms with Gasteiger partial charge in [0.15, 0.2) is 5.78 Å². The van der Waals surface area contributed by atoms with Gasteiger partial charge in [0.1, 0.15) is 5.82 Å². The number of Topliss-reactive ketones (excluding diaryl/α,β-unsaturated/α-hetero) is 1. The molecule has 4 nitrogen and oxygen atoms in total. The number of carbonyl (C=O) groups excluding carboxylic acids is 2. The van der Waals surface area contributed by atoms with Gasteiger partial charge in [-0.05, 0) is 42.3 Å². The lowest BCUT2D eigenvalue weighted by Crippen LogP contribution is -2.40. The van der Waals surface area contributed by atoms with Crippen molar-refractivity contribution in [3.8, 4) is 0 Å². The number of amides is 1. The second kappa shape index (κ2) is 7.98. The number of benzene rings is 2. The van der Waals surface area contributed by atoms with E-state index in [9.17, 15) is 19.1 Å². The molecule has 0 spiro atoms. The van der Waals surface area contributed by atoms with Gasteiger partial charge in [-0.15, -0.1) is 0 Å². The van der Waals surface area contributed by atoms with Gasteiger partial charge in [-0.25, -0.2) is 4.39 Å². The third-order valence-corrected chi connectivity index (χ3v) is 4.81. The summed E-state index contributed by atoms with van der Waals surface area (Å²) < 4.78 is 13.4. The van der Waals surface area contributed by atoms with E-state index in [1.807, 2.05) is 12.1 Å². The number of likely N-dealkylation sites (tertiary alicyclic amines) is 1. The predicted octanol–water partition coefficient (Wildman–Crippen LogP) is 3.26. The summed E-state index contributed by atoms with van der Waals surface area (Å²) in [5, 5.41) is 10.6. The number of β-amino-alcohol motifs (C(OH)–C–C–N with tert-alkyl or cyclic N) is 1. The van der Waals surface area contributed by atoms with Gasteiger partial charge >= 0.3 is 0 Å². The van der Waals surface area contributed by atoms with Crippen LogP contribution in [0.25, 0.3) is 0 Å². The molecule has 0 aliphatic carbocycles. The molecule has 1 amide bonds. The SMILES string of the molecule is O=C(CCc1ccc(Cl)cc1)[C@@H]1C[C@@H](O)CN1C(=O)c1cccc(F)c1. The Morgan fingerprint density at radius 3 is 2.62 bits per heavy atom. The van der Waals surface area contributed by atoms with Crippen LogP contribution in [-0.2, 0) is 11.2 Å². The van der Waals surface area contributed by atoms with Crippen LogP contribution in [0.5, 0.6) is 0 Å². The molecule has 2 aromatic carbocycles. The third kappa shape index (κ3) is 4.29. The van der Waals surface area contributed by atoms with Crippen LogP contribution >= 0.6 is 11.6 Å². The Bertz CT molecular complexity index is 809. The monoisotopic (exact) mass is 375 g/mol. The van der Waals surface area contributed by atoms with Crippen molar-refractivity contribution in [2.24, 2.45) is 0 Å². The van der Waals surface area contributed by atoms with Gasteiger partial charge in [-0.3, -0.25) is 9.59 Å². The second-order valence-corrected chi connectivity index (χ2v) is 6.90. The largest absolute Gasteiger partial charge is 0.391 e. The van der Waals surface area contributed by atoms with Crippen molar-refractivity contribution in [1.29, 1.82) is 0 Å². The van der Waals surface area contributed by atoms with E-state index < -0.39 is 23.9 Å². The molecular weight excluding hydrogens is 357 g/mol. The summed E-state index contributed by atoms with van der Waals surface area (Å²) in [4.78, 5) is 26.6. The van der Waals surface area contributed by atoms with Gasteiger partial charge in [-0.1, -0.05) is 29.8 Å². The highest BCUT2D eigenvalue weighted by molar-refractivity contribution is 6.30. The van der Waals surface area contributed by atoms with Crippen molar-refractivity contribution in [1.82, 2.24) is 4.90 Å². The maximum Gasteiger partial charge on any atom is 0.254 e. The zero-order valence-corrected chi connectivity index (χ0v) is 14.8. The molecule has 3 rings (SSSR count). The van der Waals surface area contributed by atoms with Crippen LogP contribution in [0.4, 0.5) is 4.39 Å². The van der Waals surface area contributed by atoms with E-state index in [1.54, 1.807) is 12.1 Å². The number of aliphatic hydroxyl groups is 1. The minimum absolute atomic E-state index is 0.0761. The number of carbonyl (C=O) groups is 2. The summed E-state index contributed by atoms with van der Waals surface area (Å²) >= 11 is 5.85. The van der Waals surface area contributed by atoms with Crippen LogP contribution in [0, 0.1) is 5.82 Å². The molecule has 0 saturated carbocycles. The molecule has 1 aliphatic heterocycles. The average molecular weight is 376 g/mol. The fraction of sp³-hybridized carbons (Fsp3) is 0.300. The first-order chi connectivity index (χ1) is 12.4. The quantitative estimate of drug-likeness (QED) is 0.872. The van der Waals surface area contributed by atoms with E-state index in [0.29, 0.717) is 11.4 Å². The smallest absolute Gasteiger partial charge is 0.254 e. The van der Waals surface area contributed by atoms with Crippen molar-refractivity contribution >= 4 is 23.3 Å². The fourth-order valence-corrected chi connectivity index (χ4v) is 3.34. The minimum Gasteiger partial charge on any atom is -0.391 e. The molecule has 1 saturated heterocycles. The summed E-state index contributed by atoms with van der Waals surface area (Å²) in [5.74, 6) is -1.06. The maximum absolute atomic E-state index is 13.4. The number of rotatable bonds is 5. The Labute approximate surface area is 156 Å². The van der Waals surface area contributed by atoms with Gasteiger partial charge in [0.05, 0.1) is 12.1 Å². The van der Waals surface area contributed by atoms with Gasteiger partial charge in [0, 0.05) is 30.0 Å². The number of aryl methyl sites for hydroxylation is 1. The molecule has 1 aliphatic rings. The highest BCUT2D eigenvalue weighted by atomic mass is 35.5. The number of nitrogens with zero attached hydrogens (tertiary/aromatic N) is 1. The van der Waals surface area contributed by atoms with Crippen LogP contribution in [-0.4, -0.2) is 40.4 Å². The Hall–Kier alpha value is -2.24. The van der Waals surface area contributed by atoms with Crippen molar-refractivity contribution in [3.63, 3.8) is 0 Å². The lowest BCUT2D eigenvalue weighted by atomic mass is 10.0. The summed E-state index contributed by atoms with van der Waals surface area (Å²) in [6, 6.07) is 11.9. The molecule has 26 heavy (non-hydrogen) atoms. The summed E-state index contributed by atoms with van der Waals surface area (Å²) in [6.07, 6.45) is 0.244. The lowest BCUT2D eigenvalue weighted by Gasteiger charge is -2.23. The van der Waals surface area contributed by atoms with Crippen LogP contribution in [0.15, 0.2) is 48.5 Å². The number of ketones is 1. The van der Waals surface area contributed by atoms with E-state index in [2.05, 4.69) is 0 Å². The van der Waals surface area contributed by atoms with E-state index in [0.717, 1.165) is 11.6 Å². The molecule has 6 heteroatoms. The van der Waals surface area contributed by atoms with Gasteiger partial charge < -0.3 is 10.0 Å². The zero-order chi connectivity index (χ0) is 18.7. The van der Waals surface area contributed by atoms with Gasteiger partial charge in [0.25, 0.3) is 5.91 Å². The van der Waals surface area contributed by atoms with Crippen molar-refractivity contribution < 1.29 is 19.1 Å². The summed E-state index contributed by atoms with van der Waals surface area (Å²) in [7, 11) is 0. The fourth-order valence-electron chi connectivity index (χ4n) is 3.22. The molecule has 0 bridgehead atoms.